The van der Waals surface area contributed by atoms with E-state index < -0.39 is 5.54 Å². The van der Waals surface area contributed by atoms with Crippen molar-refractivity contribution in [3.05, 3.63) is 66.0 Å². The van der Waals surface area contributed by atoms with E-state index in [4.69, 9.17) is 16.2 Å². The Hall–Kier alpha value is -3.43. The normalized spacial score (nSPS) is 18.6. The third-order valence-electron chi connectivity index (χ3n) is 5.43. The van der Waals surface area contributed by atoms with Crippen molar-refractivity contribution in [2.45, 2.75) is 12.0 Å². The summed E-state index contributed by atoms with van der Waals surface area (Å²) in [4.78, 5) is 16.1. The number of fused-ring (bicyclic) bond motifs is 1. The standard InChI is InChI=1S/C23H28FN7O/c1-30(2)11-12-31(3)19-7-9-23(26,14-18(19)24)22-28-20-17(8-10-27-20)21(29-22)32-16-6-4-5-15(25)13-16/h4-10,13H,11-12,14,25-26H2,1-3H3,(H,27,28,29). The molecular formula is C23H28FN7O. The number of hydrogen-bond acceptors (Lipinski definition) is 7. The van der Waals surface area contributed by atoms with E-state index in [2.05, 4.69) is 19.9 Å². The molecule has 2 heterocycles. The first-order chi connectivity index (χ1) is 15.2. The van der Waals surface area contributed by atoms with E-state index in [1.165, 1.54) is 0 Å². The van der Waals surface area contributed by atoms with Crippen LogP contribution in [-0.2, 0) is 5.54 Å². The third kappa shape index (κ3) is 4.44. The quantitative estimate of drug-likeness (QED) is 0.487. The van der Waals surface area contributed by atoms with Crippen LogP contribution in [0.2, 0.25) is 0 Å². The highest BCUT2D eigenvalue weighted by Gasteiger charge is 2.35. The van der Waals surface area contributed by atoms with Gasteiger partial charge in [0.15, 0.2) is 5.82 Å². The zero-order chi connectivity index (χ0) is 22.9. The summed E-state index contributed by atoms with van der Waals surface area (Å²) in [6.07, 6.45) is 5.16. The smallest absolute Gasteiger partial charge is 0.232 e. The molecule has 1 aromatic carbocycles. The fourth-order valence-corrected chi connectivity index (χ4v) is 3.57. The van der Waals surface area contributed by atoms with Crippen LogP contribution in [-0.4, -0.2) is 59.0 Å². The molecule has 0 radical (unpaired) electrons. The summed E-state index contributed by atoms with van der Waals surface area (Å²) in [5.74, 6) is 0.837. The maximum Gasteiger partial charge on any atom is 0.232 e. The Morgan fingerprint density at radius 2 is 2.00 bits per heavy atom. The highest BCUT2D eigenvalue weighted by atomic mass is 19.1. The zero-order valence-electron chi connectivity index (χ0n) is 18.5. The van der Waals surface area contributed by atoms with Gasteiger partial charge in [-0.1, -0.05) is 12.1 Å². The van der Waals surface area contributed by atoms with Crippen molar-refractivity contribution in [1.82, 2.24) is 24.8 Å². The molecule has 1 atom stereocenters. The molecule has 32 heavy (non-hydrogen) atoms. The fraction of sp³-hybridized carbons (Fsp3) is 0.304. The second-order valence-corrected chi connectivity index (χ2v) is 8.33. The summed E-state index contributed by atoms with van der Waals surface area (Å²) in [5.41, 5.74) is 12.9. The monoisotopic (exact) mass is 437 g/mol. The number of likely N-dealkylation sites (N-methyl/N-ethyl adjacent to an activating group) is 2. The van der Waals surface area contributed by atoms with E-state index >= 15 is 4.39 Å². The van der Waals surface area contributed by atoms with Gasteiger partial charge in [0.2, 0.25) is 5.88 Å². The van der Waals surface area contributed by atoms with Gasteiger partial charge in [0, 0.05) is 44.5 Å². The van der Waals surface area contributed by atoms with Crippen molar-refractivity contribution in [3.8, 4) is 11.6 Å². The topological polar surface area (TPSA) is 109 Å². The molecule has 1 unspecified atom stereocenters. The van der Waals surface area contributed by atoms with E-state index in [1.54, 1.807) is 42.6 Å². The molecule has 8 nitrogen and oxygen atoms in total. The number of nitrogens with one attached hydrogen (secondary N) is 1. The lowest BCUT2D eigenvalue weighted by Crippen LogP contribution is -2.39. The molecule has 0 spiro atoms. The minimum absolute atomic E-state index is 0.0465. The van der Waals surface area contributed by atoms with Crippen molar-refractivity contribution in [1.29, 1.82) is 0 Å². The van der Waals surface area contributed by atoms with Crippen LogP contribution in [0, 0.1) is 0 Å². The van der Waals surface area contributed by atoms with Crippen molar-refractivity contribution in [2.24, 2.45) is 5.73 Å². The van der Waals surface area contributed by atoms with E-state index in [-0.39, 0.29) is 18.1 Å². The van der Waals surface area contributed by atoms with E-state index in [9.17, 15) is 0 Å². The summed E-state index contributed by atoms with van der Waals surface area (Å²) in [6.45, 7) is 1.51. The van der Waals surface area contributed by atoms with E-state index in [0.717, 1.165) is 6.54 Å². The molecule has 168 valence electrons. The molecule has 5 N–H and O–H groups in total. The molecule has 3 aromatic rings. The van der Waals surface area contributed by atoms with Gasteiger partial charge in [0.25, 0.3) is 0 Å². The Kier molecular flexibility index (Phi) is 5.86. The number of H-pyrrole nitrogens is 1. The number of aromatic nitrogens is 3. The van der Waals surface area contributed by atoms with Gasteiger partial charge < -0.3 is 31.0 Å². The van der Waals surface area contributed by atoms with Crippen molar-refractivity contribution >= 4 is 16.7 Å². The molecule has 2 aromatic heterocycles. The number of allylic oxidation sites excluding steroid dienone is 1. The number of anilines is 1. The van der Waals surface area contributed by atoms with Crippen LogP contribution >= 0.6 is 0 Å². The van der Waals surface area contributed by atoms with Gasteiger partial charge >= 0.3 is 0 Å². The number of rotatable bonds is 7. The minimum Gasteiger partial charge on any atom is -0.438 e. The van der Waals surface area contributed by atoms with Crippen molar-refractivity contribution < 1.29 is 9.13 Å². The minimum atomic E-state index is -1.21. The fourth-order valence-electron chi connectivity index (χ4n) is 3.57. The van der Waals surface area contributed by atoms with Crippen LogP contribution < -0.4 is 16.2 Å². The van der Waals surface area contributed by atoms with Gasteiger partial charge in [-0.25, -0.2) is 9.37 Å². The average Bonchev–Trinajstić information content (AvgIpc) is 3.21. The molecule has 0 bridgehead atoms. The van der Waals surface area contributed by atoms with Gasteiger partial charge in [-0.2, -0.15) is 4.98 Å². The van der Waals surface area contributed by atoms with Crippen molar-refractivity contribution in [2.75, 3.05) is 40.0 Å². The predicted molar refractivity (Wildman–Crippen MR) is 124 cm³/mol. The summed E-state index contributed by atoms with van der Waals surface area (Å²) in [6, 6.07) is 8.88. The van der Waals surface area contributed by atoms with E-state index in [1.807, 2.05) is 32.1 Å². The molecule has 4 rings (SSSR count). The van der Waals surface area contributed by atoms with Crippen LogP contribution in [0.15, 0.2) is 60.2 Å². The first kappa shape index (κ1) is 21.8. The lowest BCUT2D eigenvalue weighted by Gasteiger charge is -2.31. The predicted octanol–water partition coefficient (Wildman–Crippen LogP) is 3.12. The van der Waals surface area contributed by atoms with Gasteiger partial charge in [-0.15, -0.1) is 0 Å². The summed E-state index contributed by atoms with van der Waals surface area (Å²) in [7, 11) is 5.83. The Labute approximate surface area is 186 Å². The molecule has 1 aliphatic rings. The van der Waals surface area contributed by atoms with Gasteiger partial charge in [0.05, 0.1) is 11.1 Å². The number of benzene rings is 1. The third-order valence-corrected chi connectivity index (χ3v) is 5.43. The lowest BCUT2D eigenvalue weighted by atomic mass is 9.89. The Morgan fingerprint density at radius 3 is 2.72 bits per heavy atom. The SMILES string of the molecule is CN(C)CCN(C)C1=C(F)CC(N)(c2nc(Oc3cccc(N)c3)c3cc[nH]c3n2)C=C1. The number of halogens is 1. The summed E-state index contributed by atoms with van der Waals surface area (Å²) in [5, 5.41) is 0.694. The molecule has 0 aliphatic heterocycles. The van der Waals surface area contributed by atoms with Crippen LogP contribution in [0.5, 0.6) is 11.6 Å². The largest absolute Gasteiger partial charge is 0.438 e. The molecule has 9 heteroatoms. The highest BCUT2D eigenvalue weighted by molar-refractivity contribution is 5.81. The molecule has 0 amide bonds. The second-order valence-electron chi connectivity index (χ2n) is 8.33. The maximum absolute atomic E-state index is 15.1. The zero-order valence-corrected chi connectivity index (χ0v) is 18.5. The van der Waals surface area contributed by atoms with Gasteiger partial charge in [0.1, 0.15) is 22.8 Å². The second kappa shape index (κ2) is 8.60. The summed E-state index contributed by atoms with van der Waals surface area (Å²) >= 11 is 0. The Bertz CT molecular complexity index is 1190. The number of hydrogen-bond donors (Lipinski definition) is 3. The molecule has 0 saturated carbocycles. The number of nitrogens with two attached hydrogens (primary N) is 2. The first-order valence-electron chi connectivity index (χ1n) is 10.4. The maximum atomic E-state index is 15.1. The van der Waals surface area contributed by atoms with Crippen LogP contribution in [0.1, 0.15) is 12.2 Å². The average molecular weight is 438 g/mol. The first-order valence-corrected chi connectivity index (χ1v) is 10.4. The van der Waals surface area contributed by atoms with E-state index in [0.29, 0.717) is 40.6 Å². The molecule has 0 saturated heterocycles. The Balaban J connectivity index is 1.64. The molecule has 1 aliphatic carbocycles. The highest BCUT2D eigenvalue weighted by Crippen LogP contribution is 2.36. The number of nitrogen functional groups attached to an aromatic ring is 1. The number of nitrogens with zero attached hydrogens (tertiary/aromatic N) is 4. The lowest BCUT2D eigenvalue weighted by molar-refractivity contribution is 0.315. The number of aromatic amines is 1. The van der Waals surface area contributed by atoms with Crippen molar-refractivity contribution in [3.63, 3.8) is 0 Å². The summed E-state index contributed by atoms with van der Waals surface area (Å²) < 4.78 is 21.1. The molecular weight excluding hydrogens is 409 g/mol. The molecule has 0 fully saturated rings. The van der Waals surface area contributed by atoms with Gasteiger partial charge in [-0.05, 0) is 38.4 Å². The Morgan fingerprint density at radius 1 is 1.19 bits per heavy atom. The van der Waals surface area contributed by atoms with Crippen LogP contribution in [0.3, 0.4) is 0 Å². The van der Waals surface area contributed by atoms with Crippen LogP contribution in [0.25, 0.3) is 11.0 Å². The van der Waals surface area contributed by atoms with Gasteiger partial charge in [-0.3, -0.25) is 0 Å². The van der Waals surface area contributed by atoms with Crippen LogP contribution in [0.4, 0.5) is 10.1 Å². The number of ether oxygens (including phenoxy) is 1.